The Morgan fingerprint density at radius 1 is 1.75 bits per heavy atom. The van der Waals surface area contributed by atoms with Crippen LogP contribution in [0.4, 0.5) is 0 Å². The number of hydrogen-bond donors (Lipinski definition) is 0. The summed E-state index contributed by atoms with van der Waals surface area (Å²) in [5.74, 6) is 0. The molecular formula is C7H15Br. The molecule has 8 heavy (non-hydrogen) atoms. The van der Waals surface area contributed by atoms with Gasteiger partial charge in [-0.15, -0.1) is 0 Å². The fourth-order valence-electron chi connectivity index (χ4n) is 1.14. The Kier molecular flexibility index (Phi) is 1.37. The van der Waals surface area contributed by atoms with E-state index in [-0.39, 0.29) is 0 Å². The lowest BCUT2D eigenvalue weighted by atomic mass is 10.2. The quantitative estimate of drug-likeness (QED) is 0.586. The standard InChI is InChI=1S/C7H11Br.2H2/c1-2-6-4-3-5-7(6)8;;/h2-5H2,1H3;2*1H/i;2*1+2T. The largest absolute Gasteiger partial charge is 0.0616 e. The van der Waals surface area contributed by atoms with Crippen LogP contribution in [-0.2, 0) is 0 Å². The van der Waals surface area contributed by atoms with Crippen LogP contribution < -0.4 is 0 Å². The van der Waals surface area contributed by atoms with Gasteiger partial charge in [-0.25, -0.2) is 0 Å². The van der Waals surface area contributed by atoms with E-state index in [1.54, 1.807) is 5.57 Å². The Hall–Kier alpha value is 0.220. The van der Waals surface area contributed by atoms with Gasteiger partial charge < -0.3 is 0 Å². The summed E-state index contributed by atoms with van der Waals surface area (Å²) >= 11 is 3.54. The molecule has 1 heteroatoms. The molecule has 0 unspecified atom stereocenters. The lowest BCUT2D eigenvalue weighted by Gasteiger charge is -1.92. The molecule has 0 nitrogen and oxygen atoms in total. The predicted molar refractivity (Wildman–Crippen MR) is 44.3 cm³/mol. The SMILES string of the molecule is CCC1=C(Br)CCC1.[3H][3H].[3H][3H]. The Balaban J connectivity index is 0. The Morgan fingerprint density at radius 3 is 2.75 bits per heavy atom. The van der Waals surface area contributed by atoms with Crippen molar-refractivity contribution in [2.75, 3.05) is 0 Å². The van der Waals surface area contributed by atoms with Crippen molar-refractivity contribution >= 4 is 15.9 Å². The summed E-state index contributed by atoms with van der Waals surface area (Å²) in [6.07, 6.45) is 5.21. The maximum Gasteiger partial charge on any atom is 0 e. The van der Waals surface area contributed by atoms with Crippen LogP contribution in [-0.4, -0.2) is 0 Å². The fourth-order valence-corrected chi connectivity index (χ4v) is 1.90. The summed E-state index contributed by atoms with van der Waals surface area (Å²) in [6.45, 7) is 2.22. The lowest BCUT2D eigenvalue weighted by molar-refractivity contribution is 0.879. The number of allylic oxidation sites excluding steroid dienone is 2. The van der Waals surface area contributed by atoms with E-state index >= 15 is 0 Å². The van der Waals surface area contributed by atoms with Crippen LogP contribution in [0.3, 0.4) is 0 Å². The first-order chi connectivity index (χ1) is 5.84. The van der Waals surface area contributed by atoms with Gasteiger partial charge in [-0.1, -0.05) is 28.4 Å². The molecule has 0 amide bonds. The molecule has 0 bridgehead atoms. The van der Waals surface area contributed by atoms with Crippen molar-refractivity contribution in [3.8, 4) is 0 Å². The Morgan fingerprint density at radius 2 is 2.50 bits per heavy atom. The smallest absolute Gasteiger partial charge is 0 e. The van der Waals surface area contributed by atoms with Gasteiger partial charge >= 0.3 is 0 Å². The zero-order valence-corrected chi connectivity index (χ0v) is 6.79. The first-order valence-corrected chi connectivity index (χ1v) is 4.00. The van der Waals surface area contributed by atoms with Crippen LogP contribution >= 0.6 is 15.9 Å². The normalized spacial score (nSPS) is 22.2. The van der Waals surface area contributed by atoms with Crippen molar-refractivity contribution in [2.24, 2.45) is 0 Å². The van der Waals surface area contributed by atoms with Gasteiger partial charge in [0, 0.05) is 5.94 Å². The van der Waals surface area contributed by atoms with Gasteiger partial charge in [-0.2, -0.15) is 0 Å². The maximum atomic E-state index is 5.00. The highest BCUT2D eigenvalue weighted by atomic mass is 79.9. The van der Waals surface area contributed by atoms with E-state index in [4.69, 9.17) is 5.94 Å². The maximum absolute atomic E-state index is 5.00. The minimum Gasteiger partial charge on any atom is -0.0616 e. The van der Waals surface area contributed by atoms with Crippen LogP contribution in [0.15, 0.2) is 10.1 Å². The van der Waals surface area contributed by atoms with Gasteiger partial charge in [0.15, 0.2) is 0 Å². The van der Waals surface area contributed by atoms with E-state index in [1.807, 2.05) is 0 Å². The summed E-state index contributed by atoms with van der Waals surface area (Å²) in [4.78, 5) is 0. The van der Waals surface area contributed by atoms with E-state index in [1.165, 1.54) is 30.2 Å². The number of hydrogen-bond acceptors (Lipinski definition) is 0. The van der Waals surface area contributed by atoms with E-state index in [9.17, 15) is 0 Å². The third kappa shape index (κ3) is 1.13. The first kappa shape index (κ1) is 4.10. The van der Waals surface area contributed by atoms with Crippen LogP contribution in [0.25, 0.3) is 0 Å². The molecule has 0 N–H and O–H groups in total. The first-order valence-electron chi connectivity index (χ1n) is 5.21. The zero-order chi connectivity index (χ0) is 9.98. The highest BCUT2D eigenvalue weighted by Gasteiger charge is 2.08. The van der Waals surface area contributed by atoms with Crippen LogP contribution in [0.1, 0.15) is 38.5 Å². The minimum absolute atomic E-state index is 1.24. The second-order valence-electron chi connectivity index (χ2n) is 2.22. The summed E-state index contributed by atoms with van der Waals surface area (Å²) in [7, 11) is 0. The summed E-state index contributed by atoms with van der Waals surface area (Å²) < 4.78 is 21.5. The number of halogens is 1. The Bertz CT molecular complexity index is 125. The van der Waals surface area contributed by atoms with Crippen LogP contribution in [0.5, 0.6) is 0 Å². The predicted octanol–water partition coefficient (Wildman–Crippen LogP) is 3.72. The van der Waals surface area contributed by atoms with Gasteiger partial charge in [0.05, 0.1) is 0 Å². The summed E-state index contributed by atoms with van der Waals surface area (Å²) in [6, 6.07) is 0. The zero-order valence-electron chi connectivity index (χ0n) is 9.21. The van der Waals surface area contributed by atoms with Gasteiger partial charge in [0.25, 0.3) is 0 Å². The van der Waals surface area contributed by atoms with Crippen molar-refractivity contribution in [2.45, 2.75) is 32.6 Å². The molecule has 50 valence electrons. The van der Waals surface area contributed by atoms with Crippen molar-refractivity contribution in [3.63, 3.8) is 0 Å². The highest BCUT2D eigenvalue weighted by Crippen LogP contribution is 2.31. The van der Waals surface area contributed by atoms with Crippen molar-refractivity contribution < 1.29 is 5.94 Å². The highest BCUT2D eigenvalue weighted by molar-refractivity contribution is 9.11. The minimum atomic E-state index is 1.24. The molecule has 0 spiro atoms. The fraction of sp³-hybridized carbons (Fsp3) is 0.714. The van der Waals surface area contributed by atoms with Gasteiger partial charge in [0.1, 0.15) is 0 Å². The van der Waals surface area contributed by atoms with Crippen molar-refractivity contribution in [1.82, 2.24) is 0 Å². The molecule has 0 saturated carbocycles. The van der Waals surface area contributed by atoms with Gasteiger partial charge in [-0.05, 0) is 30.2 Å². The van der Waals surface area contributed by atoms with Crippen molar-refractivity contribution in [1.29, 1.82) is 0 Å². The van der Waals surface area contributed by atoms with E-state index in [0.717, 1.165) is 0 Å². The summed E-state index contributed by atoms with van der Waals surface area (Å²) in [5.41, 5.74) is 1.63. The molecule has 0 radical (unpaired) electrons. The molecule has 0 aromatic heterocycles. The van der Waals surface area contributed by atoms with Gasteiger partial charge in [-0.3, -0.25) is 0 Å². The molecule has 1 rings (SSSR count). The second kappa shape index (κ2) is 2.67. The molecule has 0 saturated heterocycles. The molecule has 0 fully saturated rings. The van der Waals surface area contributed by atoms with Crippen molar-refractivity contribution in [3.05, 3.63) is 10.1 Å². The molecule has 0 aromatic rings. The molecule has 1 aliphatic carbocycles. The topological polar surface area (TPSA) is 0 Å². The average molecular weight is 187 g/mol. The molecule has 0 aromatic carbocycles. The molecule has 0 atom stereocenters. The second-order valence-corrected chi connectivity index (χ2v) is 3.17. The van der Waals surface area contributed by atoms with E-state index in [0.29, 0.717) is 0 Å². The number of rotatable bonds is 1. The molecule has 0 aliphatic heterocycles. The lowest BCUT2D eigenvalue weighted by Crippen LogP contribution is -1.71. The Labute approximate surface area is 65.3 Å². The third-order valence-corrected chi connectivity index (χ3v) is 2.64. The molecule has 0 heterocycles. The molecule has 1 aliphatic rings. The van der Waals surface area contributed by atoms with Crippen LogP contribution in [0, 0.1) is 0 Å². The third-order valence-electron chi connectivity index (χ3n) is 1.69. The monoisotopic (exact) mass is 186 g/mol. The van der Waals surface area contributed by atoms with Crippen LogP contribution in [0.2, 0.25) is 0 Å². The average Bonchev–Trinajstić information content (AvgIpc) is 2.58. The van der Waals surface area contributed by atoms with E-state index in [2.05, 4.69) is 22.9 Å². The van der Waals surface area contributed by atoms with Gasteiger partial charge in [0.2, 0.25) is 0 Å². The molecular weight excluding hydrogens is 164 g/mol. The summed E-state index contributed by atoms with van der Waals surface area (Å²) in [5, 5.41) is 0. The van der Waals surface area contributed by atoms with E-state index < -0.39 is 0 Å².